The van der Waals surface area contributed by atoms with Crippen molar-refractivity contribution in [1.82, 2.24) is 52.8 Å². The zero-order chi connectivity index (χ0) is 61.2. The zero-order valence-electron chi connectivity index (χ0n) is 47.0. The Kier molecular flexibility index (Phi) is 28.5. The summed E-state index contributed by atoms with van der Waals surface area (Å²) in [6, 6.07) is -3.34. The number of nitrogens with two attached hydrogens (primary N) is 5. The molecule has 3 rings (SSSR count). The summed E-state index contributed by atoms with van der Waals surface area (Å²) in [5.41, 5.74) is 28.1. The molecule has 0 radical (unpaired) electrons. The topological polar surface area (TPSA) is 476 Å². The van der Waals surface area contributed by atoms with Crippen molar-refractivity contribution in [3.63, 3.8) is 0 Å². The Hall–Kier alpha value is -8.05. The van der Waals surface area contributed by atoms with Gasteiger partial charge >= 0.3 is 0 Å². The molecule has 2 saturated heterocycles. The first-order valence-electron chi connectivity index (χ1n) is 27.2. The van der Waals surface area contributed by atoms with Crippen molar-refractivity contribution in [3.05, 3.63) is 35.9 Å². The number of amides is 13. The lowest BCUT2D eigenvalue weighted by Gasteiger charge is -2.30. The van der Waals surface area contributed by atoms with E-state index in [4.69, 9.17) is 28.7 Å². The molecule has 0 saturated carbocycles. The predicted octanol–water partition coefficient (Wildman–Crippen LogP) is -4.86. The quantitative estimate of drug-likeness (QED) is 0.0172. The van der Waals surface area contributed by atoms with Crippen LogP contribution in [0.4, 0.5) is 0 Å². The van der Waals surface area contributed by atoms with Crippen LogP contribution in [0.3, 0.4) is 0 Å². The monoisotopic (exact) mass is 1170 g/mol. The minimum atomic E-state index is -1.75. The van der Waals surface area contributed by atoms with E-state index in [1.54, 1.807) is 44.2 Å². The number of hydrogen-bond acceptors (Lipinski definition) is 15. The van der Waals surface area contributed by atoms with Gasteiger partial charge in [0.25, 0.3) is 0 Å². The lowest BCUT2D eigenvalue weighted by Crippen LogP contribution is -2.61. The molecule has 2 heterocycles. The highest BCUT2D eigenvalue weighted by Crippen LogP contribution is 2.21. The van der Waals surface area contributed by atoms with Gasteiger partial charge in [-0.3, -0.25) is 67.3 Å². The first-order valence-corrected chi connectivity index (χ1v) is 28.6. The molecule has 2 aliphatic heterocycles. The Morgan fingerprint density at radius 1 is 0.695 bits per heavy atom. The third-order valence-corrected chi connectivity index (χ3v) is 14.2. The van der Waals surface area contributed by atoms with Gasteiger partial charge in [0.05, 0.1) is 19.4 Å². The highest BCUT2D eigenvalue weighted by Gasteiger charge is 2.41. The number of likely N-dealkylation sites (tertiary alicyclic amines) is 1. The van der Waals surface area contributed by atoms with Crippen molar-refractivity contribution < 1.29 is 62.3 Å². The van der Waals surface area contributed by atoms with Gasteiger partial charge in [-0.25, -0.2) is 0 Å². The van der Waals surface area contributed by atoms with Gasteiger partial charge in [-0.05, 0) is 74.4 Å². The minimum absolute atomic E-state index is 0.0220. The van der Waals surface area contributed by atoms with E-state index in [1.807, 2.05) is 20.1 Å². The first kappa shape index (κ1) is 68.2. The van der Waals surface area contributed by atoms with Crippen LogP contribution in [0, 0.1) is 11.8 Å². The molecule has 0 aromatic heterocycles. The van der Waals surface area contributed by atoms with E-state index in [-0.39, 0.29) is 88.7 Å². The summed E-state index contributed by atoms with van der Waals surface area (Å²) in [7, 11) is 0. The van der Waals surface area contributed by atoms with Crippen molar-refractivity contribution in [3.8, 4) is 0 Å². The number of nitrogens with one attached hydrogen (secondary N) is 9. The van der Waals surface area contributed by atoms with Gasteiger partial charge in [-0.15, -0.1) is 0 Å². The summed E-state index contributed by atoms with van der Waals surface area (Å²) in [4.78, 5) is 178. The van der Waals surface area contributed by atoms with Gasteiger partial charge in [0.1, 0.15) is 54.4 Å². The zero-order valence-corrected chi connectivity index (χ0v) is 47.9. The fraction of sp³-hybridized carbons (Fsp3) is 0.615. The van der Waals surface area contributed by atoms with E-state index in [0.717, 1.165) is 4.90 Å². The van der Waals surface area contributed by atoms with Crippen LogP contribution in [0.15, 0.2) is 35.3 Å². The van der Waals surface area contributed by atoms with Gasteiger partial charge in [0.15, 0.2) is 5.96 Å². The van der Waals surface area contributed by atoms with Crippen molar-refractivity contribution in [1.29, 1.82) is 0 Å². The molecule has 1 aromatic carbocycles. The highest BCUT2D eigenvalue weighted by molar-refractivity contribution is 7.98. The van der Waals surface area contributed by atoms with E-state index in [0.29, 0.717) is 17.7 Å². The van der Waals surface area contributed by atoms with Crippen LogP contribution in [-0.2, 0) is 68.7 Å². The lowest BCUT2D eigenvalue weighted by atomic mass is 9.97. The molecule has 13 amide bonds. The van der Waals surface area contributed by atoms with Gasteiger partial charge in [-0.2, -0.15) is 11.8 Å². The van der Waals surface area contributed by atoms with Crippen molar-refractivity contribution >= 4 is 94.5 Å². The molecule has 0 spiro atoms. The molecule has 30 heteroatoms. The number of thioether (sulfide) groups is 1. The fourth-order valence-electron chi connectivity index (χ4n) is 9.02. The number of benzene rings is 1. The Morgan fingerprint density at radius 2 is 1.29 bits per heavy atom. The largest absolute Gasteiger partial charge is 0.370 e. The molecular formula is C52H82N16O13S. The standard InChI is InChI=1S/C52H82N16O13S/c1-6-28(4)42(50(80)59-26-41(72)61-33(22-27(2)3)46(76)62-30(43(55)73)18-21-82-5)67-48(78)34(23-29-12-8-7-9-13-29)64-44(74)31(14-10-19-58-52(56)57)63-47(77)35(24-38(53)69)65-49(79)37-15-11-20-68(37)51(81)36(25-39(54)70)66-45(75)32-16-17-40(71)60-32/h7-9,12-13,27-28,30-37,42H,6,10-11,14-26H2,1-5H3,(H2,53,69)(H2,54,70)(H2,55,73)(H,59,80)(H,60,71)(H,61,72)(H,62,76)(H,63,77)(H,64,74)(H,65,79)(H,66,75)(H,67,78)(H4,56,57,58)/t28-,30-,31-,32?,33-,34-,35?,36-,37-,42-/m0/s1. The second-order valence-electron chi connectivity index (χ2n) is 20.7. The van der Waals surface area contributed by atoms with Crippen molar-refractivity contribution in [2.24, 2.45) is 45.5 Å². The number of rotatable bonds is 35. The third kappa shape index (κ3) is 23.2. The minimum Gasteiger partial charge on any atom is -0.370 e. The molecule has 2 aliphatic rings. The Labute approximate surface area is 480 Å². The maximum atomic E-state index is 14.5. The number of carbonyl (C=O) groups is 13. The fourth-order valence-corrected chi connectivity index (χ4v) is 9.49. The van der Waals surface area contributed by atoms with E-state index >= 15 is 0 Å². The number of hydrogen-bond donors (Lipinski definition) is 14. The predicted molar refractivity (Wildman–Crippen MR) is 301 cm³/mol. The van der Waals surface area contributed by atoms with Crippen LogP contribution in [0.1, 0.15) is 104 Å². The number of guanidine groups is 1. The van der Waals surface area contributed by atoms with Gasteiger partial charge in [0, 0.05) is 25.9 Å². The Bertz CT molecular complexity index is 2480. The summed E-state index contributed by atoms with van der Waals surface area (Å²) in [5, 5.41) is 23.0. The molecule has 29 nitrogen and oxygen atoms in total. The van der Waals surface area contributed by atoms with Crippen LogP contribution < -0.4 is 76.5 Å². The molecule has 2 fully saturated rings. The average molecular weight is 1170 g/mol. The van der Waals surface area contributed by atoms with E-state index in [2.05, 4.69) is 52.8 Å². The van der Waals surface area contributed by atoms with Crippen LogP contribution in [0.25, 0.3) is 0 Å². The van der Waals surface area contributed by atoms with Gasteiger partial charge in [-0.1, -0.05) is 64.4 Å². The number of primary amides is 3. The highest BCUT2D eigenvalue weighted by atomic mass is 32.2. The third-order valence-electron chi connectivity index (χ3n) is 13.5. The number of nitrogens with zero attached hydrogens (tertiary/aromatic N) is 2. The normalized spacial score (nSPS) is 17.6. The van der Waals surface area contributed by atoms with Gasteiger partial charge < -0.3 is 81.4 Å². The second-order valence-corrected chi connectivity index (χ2v) is 21.6. The average Bonchev–Trinajstić information content (AvgIpc) is 4.15. The smallest absolute Gasteiger partial charge is 0.246 e. The maximum Gasteiger partial charge on any atom is 0.246 e. The van der Waals surface area contributed by atoms with Crippen LogP contribution in [-0.4, -0.2) is 174 Å². The molecule has 0 bridgehead atoms. The summed E-state index contributed by atoms with van der Waals surface area (Å²) < 4.78 is 0. The van der Waals surface area contributed by atoms with Crippen molar-refractivity contribution in [2.45, 2.75) is 159 Å². The lowest BCUT2D eigenvalue weighted by molar-refractivity contribution is -0.143. The summed E-state index contributed by atoms with van der Waals surface area (Å²) in [5.74, 6) is -11.0. The molecule has 1 aromatic rings. The van der Waals surface area contributed by atoms with E-state index in [1.165, 1.54) is 11.8 Å². The van der Waals surface area contributed by atoms with Crippen LogP contribution in [0.2, 0.25) is 0 Å². The van der Waals surface area contributed by atoms with E-state index < -0.39 is 151 Å². The SMILES string of the molecule is CC[C@H](C)[C@H](NC(=O)[C@H](Cc1ccccc1)NC(=O)[C@H](CCCN=C(N)N)NC(=O)C(CC(N)=O)NC(=O)[C@@H]1CCCN1C(=O)[C@H](CC(N)=O)NC(=O)C1CCC(=O)N1)C(=O)NCC(=O)N[C@@H](CC(C)C)C(=O)N[C@@H](CCSC)C(N)=O. The van der Waals surface area contributed by atoms with Crippen molar-refractivity contribution in [2.75, 3.05) is 31.6 Å². The molecule has 82 heavy (non-hydrogen) atoms. The second kappa shape index (κ2) is 34.3. The van der Waals surface area contributed by atoms with Crippen LogP contribution in [0.5, 0.6) is 0 Å². The maximum absolute atomic E-state index is 14.5. The summed E-state index contributed by atoms with van der Waals surface area (Å²) in [6.07, 6.45) is 1.45. The summed E-state index contributed by atoms with van der Waals surface area (Å²) in [6.45, 7) is 6.43. The molecule has 2 unspecified atom stereocenters. The van der Waals surface area contributed by atoms with Gasteiger partial charge in [0.2, 0.25) is 76.8 Å². The summed E-state index contributed by atoms with van der Waals surface area (Å²) >= 11 is 1.46. The Balaban J connectivity index is 1.87. The Morgan fingerprint density at radius 3 is 1.88 bits per heavy atom. The number of aliphatic imine (C=N–C) groups is 1. The molecule has 454 valence electrons. The first-order chi connectivity index (χ1) is 38.7. The molecule has 19 N–H and O–H groups in total. The van der Waals surface area contributed by atoms with E-state index in [9.17, 15) is 62.3 Å². The molecule has 10 atom stereocenters. The number of carbonyl (C=O) groups excluding carboxylic acids is 13. The molecular weight excluding hydrogens is 1090 g/mol. The molecule has 0 aliphatic carbocycles. The van der Waals surface area contributed by atoms with Crippen LogP contribution >= 0.6 is 11.8 Å².